The maximum atomic E-state index is 12.9. The third-order valence-electron chi connectivity index (χ3n) is 10.6. The van der Waals surface area contributed by atoms with Crippen molar-refractivity contribution in [3.63, 3.8) is 0 Å². The molecule has 9 nitrogen and oxygen atoms in total. The number of quaternary nitrogens is 1. The number of rotatable bonds is 41. The van der Waals surface area contributed by atoms with E-state index in [9.17, 15) is 24.5 Å². The lowest BCUT2D eigenvalue weighted by molar-refractivity contribution is -0.870. The normalized spacial score (nSPS) is 15.0. The number of hydrogen-bond donors (Lipinski definition) is 4. The highest BCUT2D eigenvalue weighted by molar-refractivity contribution is 7.47. The van der Waals surface area contributed by atoms with Crippen LogP contribution in [0.15, 0.2) is 0 Å². The number of carbonyl (C=O) groups excluding carboxylic acids is 1. The van der Waals surface area contributed by atoms with E-state index in [1.807, 2.05) is 21.1 Å². The SMILES string of the molecule is CCCCCCCCCCCCCCCCCCCCCC(=O)N[C@@H](COP(=O)(O)OCC[N+](C)(C)C)[C@H](O)[C@H](O)CCCCCCCCCCC(C)C. The molecule has 54 heavy (non-hydrogen) atoms. The highest BCUT2D eigenvalue weighted by Gasteiger charge is 2.31. The van der Waals surface area contributed by atoms with Gasteiger partial charge in [0.05, 0.1) is 39.9 Å². The highest BCUT2D eigenvalue weighted by Crippen LogP contribution is 2.43. The van der Waals surface area contributed by atoms with E-state index in [0.717, 1.165) is 44.4 Å². The van der Waals surface area contributed by atoms with Crippen LogP contribution in [0.5, 0.6) is 0 Å². The number of aliphatic hydroxyl groups is 2. The Labute approximate surface area is 334 Å². The lowest BCUT2D eigenvalue weighted by Crippen LogP contribution is -2.51. The average molecular weight is 792 g/mol. The van der Waals surface area contributed by atoms with Gasteiger partial charge in [-0.15, -0.1) is 0 Å². The molecule has 0 aromatic heterocycles. The smallest absolute Gasteiger partial charge is 0.390 e. The van der Waals surface area contributed by atoms with Crippen LogP contribution in [0.4, 0.5) is 0 Å². The molecule has 0 aliphatic heterocycles. The van der Waals surface area contributed by atoms with Crippen molar-refractivity contribution in [3.05, 3.63) is 0 Å². The molecule has 4 atom stereocenters. The third-order valence-corrected chi connectivity index (χ3v) is 11.6. The van der Waals surface area contributed by atoms with Gasteiger partial charge in [0.2, 0.25) is 5.91 Å². The van der Waals surface area contributed by atoms with E-state index in [0.29, 0.717) is 23.9 Å². The fourth-order valence-corrected chi connectivity index (χ4v) is 7.65. The second kappa shape index (κ2) is 35.6. The molecule has 0 fully saturated rings. The van der Waals surface area contributed by atoms with Crippen molar-refractivity contribution >= 4 is 13.7 Å². The molecule has 4 N–H and O–H groups in total. The molecule has 0 bridgehead atoms. The molecule has 0 spiro atoms. The summed E-state index contributed by atoms with van der Waals surface area (Å²) >= 11 is 0. The predicted octanol–water partition coefficient (Wildman–Crippen LogP) is 11.4. The van der Waals surface area contributed by atoms with E-state index in [2.05, 4.69) is 26.1 Å². The van der Waals surface area contributed by atoms with E-state index < -0.39 is 32.7 Å². The van der Waals surface area contributed by atoms with Gasteiger partial charge in [-0.25, -0.2) is 4.57 Å². The maximum absolute atomic E-state index is 12.9. The molecule has 0 radical (unpaired) electrons. The lowest BCUT2D eigenvalue weighted by atomic mass is 9.99. The van der Waals surface area contributed by atoms with Crippen molar-refractivity contribution in [3.8, 4) is 0 Å². The zero-order valence-electron chi connectivity index (χ0n) is 36.5. The molecule has 0 saturated heterocycles. The first-order chi connectivity index (χ1) is 25.8. The second-order valence-electron chi connectivity index (χ2n) is 17.8. The van der Waals surface area contributed by atoms with Gasteiger partial charge in [-0.1, -0.05) is 194 Å². The van der Waals surface area contributed by atoms with Crippen LogP contribution < -0.4 is 5.32 Å². The van der Waals surface area contributed by atoms with Crippen molar-refractivity contribution in [2.45, 2.75) is 232 Å². The summed E-state index contributed by atoms with van der Waals surface area (Å²) in [5, 5.41) is 24.7. The van der Waals surface area contributed by atoms with Gasteiger partial charge >= 0.3 is 7.82 Å². The van der Waals surface area contributed by atoms with Crippen LogP contribution in [0.3, 0.4) is 0 Å². The number of nitrogens with one attached hydrogen (secondary N) is 1. The first-order valence-electron chi connectivity index (χ1n) is 22.8. The van der Waals surface area contributed by atoms with Gasteiger partial charge in [0.1, 0.15) is 19.3 Å². The Morgan fingerprint density at radius 2 is 1.00 bits per heavy atom. The fourth-order valence-electron chi connectivity index (χ4n) is 6.92. The van der Waals surface area contributed by atoms with E-state index in [1.54, 1.807) is 0 Å². The van der Waals surface area contributed by atoms with Crippen LogP contribution in [-0.2, 0) is 18.4 Å². The van der Waals surface area contributed by atoms with Crippen LogP contribution in [0, 0.1) is 5.92 Å². The molecule has 324 valence electrons. The number of unbranched alkanes of at least 4 members (excludes halogenated alkanes) is 25. The molecule has 1 amide bonds. The van der Waals surface area contributed by atoms with Crippen molar-refractivity contribution in [2.75, 3.05) is 40.9 Å². The van der Waals surface area contributed by atoms with E-state index >= 15 is 0 Å². The Kier molecular flexibility index (Phi) is 35.3. The van der Waals surface area contributed by atoms with Crippen molar-refractivity contribution < 1.29 is 38.0 Å². The van der Waals surface area contributed by atoms with Gasteiger partial charge in [0, 0.05) is 6.42 Å². The lowest BCUT2D eigenvalue weighted by Gasteiger charge is -2.28. The van der Waals surface area contributed by atoms with Crippen LogP contribution in [-0.4, -0.2) is 84.6 Å². The first-order valence-corrected chi connectivity index (χ1v) is 24.3. The number of likely N-dealkylation sites (N-methyl/N-ethyl adjacent to an activating group) is 1. The van der Waals surface area contributed by atoms with Crippen LogP contribution >= 0.6 is 7.82 Å². The zero-order chi connectivity index (χ0) is 40.3. The summed E-state index contributed by atoms with van der Waals surface area (Å²) in [7, 11) is 1.44. The number of carbonyl (C=O) groups is 1. The minimum Gasteiger partial charge on any atom is -0.390 e. The molecule has 0 heterocycles. The molecule has 10 heteroatoms. The Morgan fingerprint density at radius 3 is 1.41 bits per heavy atom. The predicted molar refractivity (Wildman–Crippen MR) is 228 cm³/mol. The van der Waals surface area contributed by atoms with Gasteiger partial charge in [-0.05, 0) is 18.8 Å². The van der Waals surface area contributed by atoms with Gasteiger partial charge in [0.25, 0.3) is 0 Å². The van der Waals surface area contributed by atoms with E-state index in [1.165, 1.54) is 141 Å². The average Bonchev–Trinajstić information content (AvgIpc) is 3.10. The number of phosphoric acid groups is 1. The number of aliphatic hydroxyl groups excluding tert-OH is 2. The molecule has 0 aliphatic carbocycles. The Bertz CT molecular complexity index is 885. The van der Waals surface area contributed by atoms with Gasteiger partial charge in [-0.2, -0.15) is 0 Å². The summed E-state index contributed by atoms with van der Waals surface area (Å²) in [4.78, 5) is 23.2. The van der Waals surface area contributed by atoms with Crippen LogP contribution in [0.25, 0.3) is 0 Å². The summed E-state index contributed by atoms with van der Waals surface area (Å²) < 4.78 is 23.5. The van der Waals surface area contributed by atoms with Crippen molar-refractivity contribution in [2.24, 2.45) is 5.92 Å². The van der Waals surface area contributed by atoms with Crippen LogP contribution in [0.2, 0.25) is 0 Å². The first kappa shape index (κ1) is 53.5. The number of phosphoric ester groups is 1. The summed E-state index contributed by atoms with van der Waals surface area (Å²) in [5.41, 5.74) is 0. The maximum Gasteiger partial charge on any atom is 0.472 e. The third kappa shape index (κ3) is 37.1. The molecule has 0 aromatic carbocycles. The van der Waals surface area contributed by atoms with Gasteiger partial charge in [0.15, 0.2) is 0 Å². The minimum atomic E-state index is -4.41. The highest BCUT2D eigenvalue weighted by atomic mass is 31.2. The van der Waals surface area contributed by atoms with Crippen molar-refractivity contribution in [1.82, 2.24) is 5.32 Å². The standard InChI is InChI=1S/C44H91N2O7P/c1-7-8-9-10-11-12-13-14-15-16-17-18-19-20-21-22-27-30-33-36-43(48)45-41(39-53-54(50,51)52-38-37-46(4,5)6)44(49)42(47)35-32-29-26-24-23-25-28-31-34-40(2)3/h40-42,44,47,49H,7-39H2,1-6H3,(H-,45,48,50,51)/p+1/t41-,42+,44-/m0/s1. The van der Waals surface area contributed by atoms with E-state index in [-0.39, 0.29) is 12.5 Å². The largest absolute Gasteiger partial charge is 0.472 e. The number of hydrogen-bond acceptors (Lipinski definition) is 6. The summed E-state index contributed by atoms with van der Waals surface area (Å²) in [6.07, 6.45) is 33.1. The zero-order valence-corrected chi connectivity index (χ0v) is 37.4. The fraction of sp³-hybridized carbons (Fsp3) is 0.977. The quantitative estimate of drug-likeness (QED) is 0.0276. The molecule has 0 saturated carbocycles. The Hall–Kier alpha value is -0.540. The molecular formula is C44H92N2O7P+. The van der Waals surface area contributed by atoms with Crippen LogP contribution in [0.1, 0.15) is 213 Å². The monoisotopic (exact) mass is 792 g/mol. The molecule has 0 aromatic rings. The summed E-state index contributed by atoms with van der Waals surface area (Å²) in [6.45, 7) is 6.91. The summed E-state index contributed by atoms with van der Waals surface area (Å²) in [6, 6.07) is -1.03. The summed E-state index contributed by atoms with van der Waals surface area (Å²) in [5.74, 6) is 0.517. The minimum absolute atomic E-state index is 0.0246. The second-order valence-corrected chi connectivity index (χ2v) is 19.2. The molecular weight excluding hydrogens is 699 g/mol. The molecule has 0 rings (SSSR count). The van der Waals surface area contributed by atoms with Gasteiger partial charge in [-0.3, -0.25) is 13.8 Å². The van der Waals surface area contributed by atoms with Crippen molar-refractivity contribution in [1.29, 1.82) is 0 Å². The van der Waals surface area contributed by atoms with E-state index in [4.69, 9.17) is 9.05 Å². The molecule has 0 aliphatic rings. The topological polar surface area (TPSA) is 125 Å². The Morgan fingerprint density at radius 1 is 0.611 bits per heavy atom. The Balaban J connectivity index is 4.39. The van der Waals surface area contributed by atoms with Gasteiger partial charge < -0.3 is 24.9 Å². The molecule has 1 unspecified atom stereocenters. The number of nitrogens with zero attached hydrogens (tertiary/aromatic N) is 1. The number of amides is 1.